The van der Waals surface area contributed by atoms with Gasteiger partial charge in [0.2, 0.25) is 11.1 Å². The van der Waals surface area contributed by atoms with Crippen LogP contribution in [0.25, 0.3) is 0 Å². The number of carbonyl (C=O) groups is 1. The highest BCUT2D eigenvalue weighted by molar-refractivity contribution is 7.99. The van der Waals surface area contributed by atoms with E-state index < -0.39 is 28.9 Å². The Morgan fingerprint density at radius 1 is 1.32 bits per heavy atom. The van der Waals surface area contributed by atoms with Gasteiger partial charge in [0.15, 0.2) is 0 Å². The number of carbonyl (C=O) groups excluding carboxylic acids is 1. The van der Waals surface area contributed by atoms with Gasteiger partial charge in [-0.1, -0.05) is 29.4 Å². The number of rotatable bonds is 4. The van der Waals surface area contributed by atoms with Crippen molar-refractivity contribution in [1.82, 2.24) is 20.2 Å². The Morgan fingerprint density at radius 2 is 2.00 bits per heavy atom. The maximum Gasteiger partial charge on any atom is 0.418 e. The molecule has 0 aliphatic carbocycles. The molecule has 0 saturated heterocycles. The number of benzene rings is 1. The van der Waals surface area contributed by atoms with Gasteiger partial charge in [-0.2, -0.15) is 13.2 Å². The van der Waals surface area contributed by atoms with Crippen molar-refractivity contribution < 1.29 is 18.0 Å². The Morgan fingerprint density at radius 3 is 2.60 bits per heavy atom. The topological polar surface area (TPSA) is 72.7 Å². The zero-order valence-electron chi connectivity index (χ0n) is 13.6. The second kappa shape index (κ2) is 7.20. The third-order valence-corrected chi connectivity index (χ3v) is 4.23. The molecule has 6 nitrogen and oxygen atoms in total. The first-order chi connectivity index (χ1) is 11.5. The number of alkyl halides is 3. The number of para-hydroxylation sites is 1. The fourth-order valence-electron chi connectivity index (χ4n) is 1.88. The van der Waals surface area contributed by atoms with Gasteiger partial charge in [0.05, 0.1) is 27.6 Å². The number of nitrogens with one attached hydrogen (secondary N) is 1. The van der Waals surface area contributed by atoms with Crippen LogP contribution in [0.5, 0.6) is 0 Å². The van der Waals surface area contributed by atoms with Crippen molar-refractivity contribution in [3.63, 3.8) is 0 Å². The number of amides is 1. The highest BCUT2D eigenvalue weighted by Gasteiger charge is 2.34. The molecule has 136 valence electrons. The highest BCUT2D eigenvalue weighted by atomic mass is 35.5. The second-order valence-corrected chi connectivity index (χ2v) is 7.39. The molecule has 0 unspecified atom stereocenters. The molecule has 11 heteroatoms. The Bertz CT molecular complexity index is 773. The molecule has 25 heavy (non-hydrogen) atoms. The third-order valence-electron chi connectivity index (χ3n) is 2.99. The quantitative estimate of drug-likeness (QED) is 0.799. The van der Waals surface area contributed by atoms with E-state index in [0.717, 1.165) is 17.8 Å². The lowest BCUT2D eigenvalue weighted by atomic mass is 10.1. The van der Waals surface area contributed by atoms with Crippen molar-refractivity contribution in [2.75, 3.05) is 11.1 Å². The Labute approximate surface area is 151 Å². The summed E-state index contributed by atoms with van der Waals surface area (Å²) < 4.78 is 40.6. The molecule has 2 aromatic rings. The van der Waals surface area contributed by atoms with E-state index in [2.05, 4.69) is 20.8 Å². The van der Waals surface area contributed by atoms with E-state index >= 15 is 0 Å². The number of hydrogen-bond acceptors (Lipinski definition) is 5. The van der Waals surface area contributed by atoms with Gasteiger partial charge in [-0.15, -0.1) is 5.10 Å². The van der Waals surface area contributed by atoms with Crippen LogP contribution in [-0.4, -0.2) is 31.9 Å². The zero-order chi connectivity index (χ0) is 18.8. The number of tetrazole rings is 1. The number of thioether (sulfide) groups is 1. The van der Waals surface area contributed by atoms with E-state index in [1.807, 2.05) is 20.8 Å². The maximum atomic E-state index is 13.0. The van der Waals surface area contributed by atoms with Gasteiger partial charge in [-0.25, -0.2) is 4.68 Å². The fraction of sp³-hybridized carbons (Fsp3) is 0.429. The number of halogens is 4. The third kappa shape index (κ3) is 4.85. The number of hydrogen-bond donors (Lipinski definition) is 1. The van der Waals surface area contributed by atoms with Gasteiger partial charge in [-0.05, 0) is 43.3 Å². The Kier molecular flexibility index (Phi) is 5.62. The van der Waals surface area contributed by atoms with Crippen LogP contribution in [0.3, 0.4) is 0 Å². The van der Waals surface area contributed by atoms with Crippen molar-refractivity contribution in [2.24, 2.45) is 0 Å². The van der Waals surface area contributed by atoms with Crippen molar-refractivity contribution in [3.8, 4) is 0 Å². The first-order valence-electron chi connectivity index (χ1n) is 7.07. The molecule has 1 heterocycles. The molecule has 0 aliphatic rings. The SMILES string of the molecule is CC(C)(C)n1nnnc1SCC(=O)Nc1c(Cl)cccc1C(F)(F)F. The van der Waals surface area contributed by atoms with E-state index in [-0.39, 0.29) is 10.8 Å². The predicted octanol–water partition coefficient (Wildman–Crippen LogP) is 3.83. The summed E-state index contributed by atoms with van der Waals surface area (Å²) in [6.07, 6.45) is -4.63. The minimum absolute atomic E-state index is 0.168. The van der Waals surface area contributed by atoms with E-state index in [1.54, 1.807) is 0 Å². The lowest BCUT2D eigenvalue weighted by Gasteiger charge is -2.19. The van der Waals surface area contributed by atoms with E-state index in [1.165, 1.54) is 16.8 Å². The van der Waals surface area contributed by atoms with Crippen molar-refractivity contribution >= 4 is 35.0 Å². The molecule has 0 aliphatic heterocycles. The molecular weight excluding hydrogens is 379 g/mol. The first-order valence-corrected chi connectivity index (χ1v) is 8.43. The molecule has 1 N–H and O–H groups in total. The second-order valence-electron chi connectivity index (χ2n) is 6.04. The van der Waals surface area contributed by atoms with Gasteiger partial charge in [0.25, 0.3) is 0 Å². The normalized spacial score (nSPS) is 12.3. The molecule has 0 atom stereocenters. The Balaban J connectivity index is 2.11. The summed E-state index contributed by atoms with van der Waals surface area (Å²) in [5, 5.41) is 13.6. The summed E-state index contributed by atoms with van der Waals surface area (Å²) >= 11 is 6.82. The summed E-state index contributed by atoms with van der Waals surface area (Å²) in [6.45, 7) is 5.65. The molecule has 0 saturated carbocycles. The molecule has 1 amide bonds. The molecule has 0 radical (unpaired) electrons. The first kappa shape index (κ1) is 19.5. The van der Waals surface area contributed by atoms with E-state index in [0.29, 0.717) is 5.16 Å². The minimum atomic E-state index is -4.63. The number of anilines is 1. The van der Waals surface area contributed by atoms with Crippen molar-refractivity contribution in [1.29, 1.82) is 0 Å². The molecule has 2 rings (SSSR count). The predicted molar refractivity (Wildman–Crippen MR) is 88.6 cm³/mol. The van der Waals surface area contributed by atoms with Crippen LogP contribution < -0.4 is 5.32 Å². The number of aromatic nitrogens is 4. The molecule has 0 spiro atoms. The lowest BCUT2D eigenvalue weighted by molar-refractivity contribution is -0.137. The van der Waals surface area contributed by atoms with Crippen LogP contribution in [0.4, 0.5) is 18.9 Å². The van der Waals surface area contributed by atoms with Gasteiger partial charge < -0.3 is 5.32 Å². The van der Waals surface area contributed by atoms with Gasteiger partial charge in [0, 0.05) is 0 Å². The van der Waals surface area contributed by atoms with E-state index in [9.17, 15) is 18.0 Å². The number of nitrogens with zero attached hydrogens (tertiary/aromatic N) is 4. The van der Waals surface area contributed by atoms with Crippen molar-refractivity contribution in [3.05, 3.63) is 28.8 Å². The van der Waals surface area contributed by atoms with Crippen LogP contribution >= 0.6 is 23.4 Å². The van der Waals surface area contributed by atoms with Crippen LogP contribution in [-0.2, 0) is 16.5 Å². The van der Waals surface area contributed by atoms with E-state index in [4.69, 9.17) is 11.6 Å². The van der Waals surface area contributed by atoms with Gasteiger partial charge in [0.1, 0.15) is 0 Å². The summed E-state index contributed by atoms with van der Waals surface area (Å²) in [4.78, 5) is 12.1. The molecule has 0 fully saturated rings. The van der Waals surface area contributed by atoms with Crippen LogP contribution in [0.15, 0.2) is 23.4 Å². The van der Waals surface area contributed by atoms with Gasteiger partial charge in [-0.3, -0.25) is 4.79 Å². The fourth-order valence-corrected chi connectivity index (χ4v) is 2.96. The lowest BCUT2D eigenvalue weighted by Crippen LogP contribution is -2.25. The largest absolute Gasteiger partial charge is 0.418 e. The average Bonchev–Trinajstić information content (AvgIpc) is 2.94. The standard InChI is InChI=1S/C14H15ClF3N5OS/c1-13(2,3)23-12(20-21-22-23)25-7-10(24)19-11-8(14(16,17)18)5-4-6-9(11)15/h4-6H,7H2,1-3H3,(H,19,24). The highest BCUT2D eigenvalue weighted by Crippen LogP contribution is 2.38. The summed E-state index contributed by atoms with van der Waals surface area (Å²) in [7, 11) is 0. The molecule has 1 aromatic heterocycles. The molecule has 0 bridgehead atoms. The monoisotopic (exact) mass is 393 g/mol. The van der Waals surface area contributed by atoms with Gasteiger partial charge >= 0.3 is 6.18 Å². The average molecular weight is 394 g/mol. The maximum absolute atomic E-state index is 13.0. The smallest absolute Gasteiger partial charge is 0.324 e. The minimum Gasteiger partial charge on any atom is -0.324 e. The summed E-state index contributed by atoms with van der Waals surface area (Å²) in [5.41, 5.74) is -1.86. The zero-order valence-corrected chi connectivity index (χ0v) is 15.1. The summed E-state index contributed by atoms with van der Waals surface area (Å²) in [5.74, 6) is -0.814. The van der Waals surface area contributed by atoms with Crippen molar-refractivity contribution in [2.45, 2.75) is 37.6 Å². The van der Waals surface area contributed by atoms with Crippen LogP contribution in [0, 0.1) is 0 Å². The van der Waals surface area contributed by atoms with Crippen LogP contribution in [0.1, 0.15) is 26.3 Å². The molecule has 1 aromatic carbocycles. The van der Waals surface area contributed by atoms with Crippen LogP contribution in [0.2, 0.25) is 5.02 Å². The summed E-state index contributed by atoms with van der Waals surface area (Å²) in [6, 6.07) is 3.31. The Hall–Kier alpha value is -1.81. The molecular formula is C14H15ClF3N5OS.